The Labute approximate surface area is 281 Å². The van der Waals surface area contributed by atoms with Gasteiger partial charge in [-0.3, -0.25) is 19.1 Å². The molecule has 0 unspecified atom stereocenters. The molecule has 6 rings (SSSR count). The maximum Gasteiger partial charge on any atom is 0.263 e. The van der Waals surface area contributed by atoms with Crippen molar-refractivity contribution in [3.05, 3.63) is 51.1 Å². The van der Waals surface area contributed by atoms with Crippen LogP contribution in [0.15, 0.2) is 23.1 Å². The number of anilines is 2. The fraction of sp³-hybridized carbons (Fsp3) is 0.649. The molecule has 3 aromatic rings. The molecule has 4 heterocycles. The second kappa shape index (κ2) is 13.5. The van der Waals surface area contributed by atoms with Gasteiger partial charge in [-0.2, -0.15) is 4.98 Å². The average Bonchev–Trinajstić information content (AvgIpc) is 3.55. The molecule has 2 aliphatic carbocycles. The van der Waals surface area contributed by atoms with Crippen LogP contribution in [0.25, 0.3) is 11.0 Å². The summed E-state index contributed by atoms with van der Waals surface area (Å²) in [6.45, 7) is 19.0. The Hall–Kier alpha value is -2.95. The maximum absolute atomic E-state index is 13.6. The minimum absolute atomic E-state index is 0.0488. The molecule has 2 saturated carbocycles. The number of aromatic nitrogens is 4. The number of Topliss-reactive ketones (excluding diaryl/α,β-unsaturated/α-hetero) is 1. The van der Waals surface area contributed by atoms with E-state index in [1.807, 2.05) is 13.0 Å². The fourth-order valence-corrected chi connectivity index (χ4v) is 8.70. The highest BCUT2D eigenvalue weighted by molar-refractivity contribution is 6.74. The average molecular weight is 659 g/mol. The zero-order valence-electron chi connectivity index (χ0n) is 29.6. The molecule has 0 amide bonds. The Bertz CT molecular complexity index is 1680. The molecule has 0 saturated heterocycles. The summed E-state index contributed by atoms with van der Waals surface area (Å²) in [5.74, 6) is 2.38. The standard InChI is InChI=1S/C37H54N6O3Si/c1-24-30-20-38-36(41-34(30)43(29-10-8-9-11-29)35(45)33(24)25(2)44)40-32-17-16-28-22-42(19-18-31(28)39-32)21-26-12-14-27(15-13-26)23-46-47(6,7)37(3,4)5/h16-17,20,26-27,29H,8-15,18-19,21-23H2,1-7H3,(H,38,39,40,41). The lowest BCUT2D eigenvalue weighted by atomic mass is 9.82. The molecule has 0 bridgehead atoms. The largest absolute Gasteiger partial charge is 0.417 e. The van der Waals surface area contributed by atoms with Crippen molar-refractivity contribution in [2.75, 3.05) is 25.0 Å². The van der Waals surface area contributed by atoms with Crippen molar-refractivity contribution in [1.82, 2.24) is 24.4 Å². The van der Waals surface area contributed by atoms with Crippen LogP contribution in [0.1, 0.15) is 112 Å². The Kier molecular flexibility index (Phi) is 9.75. The van der Waals surface area contributed by atoms with Crippen molar-refractivity contribution in [2.24, 2.45) is 11.8 Å². The van der Waals surface area contributed by atoms with E-state index in [0.29, 0.717) is 28.9 Å². The summed E-state index contributed by atoms with van der Waals surface area (Å²) in [4.78, 5) is 43.0. The van der Waals surface area contributed by atoms with Crippen molar-refractivity contribution < 1.29 is 9.22 Å². The van der Waals surface area contributed by atoms with Gasteiger partial charge in [-0.15, -0.1) is 0 Å². The van der Waals surface area contributed by atoms with Gasteiger partial charge in [-0.25, -0.2) is 9.97 Å². The van der Waals surface area contributed by atoms with Gasteiger partial charge in [0.25, 0.3) is 5.56 Å². The van der Waals surface area contributed by atoms with Crippen LogP contribution in [-0.4, -0.2) is 58.2 Å². The van der Waals surface area contributed by atoms with E-state index in [1.54, 1.807) is 10.8 Å². The lowest BCUT2D eigenvalue weighted by Crippen LogP contribution is -2.42. The Morgan fingerprint density at radius 3 is 2.43 bits per heavy atom. The van der Waals surface area contributed by atoms with Crippen LogP contribution >= 0.6 is 0 Å². The first-order valence-electron chi connectivity index (χ1n) is 17.9. The second-order valence-electron chi connectivity index (χ2n) is 16.0. The molecule has 3 aliphatic rings. The maximum atomic E-state index is 13.6. The number of fused-ring (bicyclic) bond motifs is 2. The van der Waals surface area contributed by atoms with Crippen molar-refractivity contribution in [3.8, 4) is 0 Å². The third kappa shape index (κ3) is 7.25. The summed E-state index contributed by atoms with van der Waals surface area (Å²) in [5.41, 5.74) is 3.67. The number of hydrogen-bond acceptors (Lipinski definition) is 8. The van der Waals surface area contributed by atoms with Gasteiger partial charge in [0.05, 0.1) is 5.56 Å². The van der Waals surface area contributed by atoms with Crippen LogP contribution in [-0.2, 0) is 17.4 Å². The number of rotatable bonds is 9. The minimum Gasteiger partial charge on any atom is -0.417 e. The number of ketones is 1. The van der Waals surface area contributed by atoms with Gasteiger partial charge in [0.2, 0.25) is 5.95 Å². The highest BCUT2D eigenvalue weighted by Crippen LogP contribution is 2.38. The first-order chi connectivity index (χ1) is 22.3. The molecule has 9 nitrogen and oxygen atoms in total. The Morgan fingerprint density at radius 1 is 1.04 bits per heavy atom. The number of carbonyl (C=O) groups is 1. The number of aryl methyl sites for hydroxylation is 1. The Balaban J connectivity index is 1.09. The summed E-state index contributed by atoms with van der Waals surface area (Å²) in [7, 11) is -1.68. The van der Waals surface area contributed by atoms with Crippen molar-refractivity contribution in [1.29, 1.82) is 0 Å². The SMILES string of the molecule is CC(=O)c1c(C)c2cnc(Nc3ccc4c(n3)CCN(CC3CCC(CO[Si](C)(C)C(C)(C)C)CC3)C4)nc2n(C2CCCC2)c1=O. The Morgan fingerprint density at radius 2 is 1.74 bits per heavy atom. The molecule has 0 atom stereocenters. The molecular weight excluding hydrogens is 605 g/mol. The first kappa shape index (κ1) is 33.9. The van der Waals surface area contributed by atoms with Gasteiger partial charge in [-0.1, -0.05) is 39.7 Å². The normalized spacial score (nSPS) is 21.3. The lowest BCUT2D eigenvalue weighted by Gasteiger charge is -2.39. The second-order valence-corrected chi connectivity index (χ2v) is 20.8. The monoisotopic (exact) mass is 658 g/mol. The first-order valence-corrected chi connectivity index (χ1v) is 20.8. The van der Waals surface area contributed by atoms with Crippen LogP contribution in [0.4, 0.5) is 11.8 Å². The van der Waals surface area contributed by atoms with Crippen LogP contribution in [0.3, 0.4) is 0 Å². The molecule has 254 valence electrons. The molecule has 1 N–H and O–H groups in total. The summed E-state index contributed by atoms with van der Waals surface area (Å²) in [6, 6.07) is 4.25. The van der Waals surface area contributed by atoms with Crippen LogP contribution in [0.2, 0.25) is 18.1 Å². The molecule has 0 aromatic carbocycles. The van der Waals surface area contributed by atoms with Gasteiger partial charge in [0.15, 0.2) is 14.1 Å². The van der Waals surface area contributed by atoms with Crippen molar-refractivity contribution >= 4 is 36.9 Å². The molecular formula is C37H54N6O3Si. The van der Waals surface area contributed by atoms with Crippen LogP contribution < -0.4 is 10.9 Å². The zero-order valence-corrected chi connectivity index (χ0v) is 30.6. The number of nitrogens with zero attached hydrogens (tertiary/aromatic N) is 5. The van der Waals surface area contributed by atoms with Crippen molar-refractivity contribution in [3.63, 3.8) is 0 Å². The summed E-state index contributed by atoms with van der Waals surface area (Å²) < 4.78 is 8.31. The molecule has 0 spiro atoms. The summed E-state index contributed by atoms with van der Waals surface area (Å²) in [5, 5.41) is 4.33. The topological polar surface area (TPSA) is 102 Å². The summed E-state index contributed by atoms with van der Waals surface area (Å²) in [6.07, 6.45) is 11.8. The van der Waals surface area contributed by atoms with E-state index in [-0.39, 0.29) is 28.0 Å². The van der Waals surface area contributed by atoms with Crippen LogP contribution in [0.5, 0.6) is 0 Å². The molecule has 3 aromatic heterocycles. The number of nitrogens with one attached hydrogen (secondary N) is 1. The molecule has 0 radical (unpaired) electrons. The highest BCUT2D eigenvalue weighted by Gasteiger charge is 2.38. The van der Waals surface area contributed by atoms with E-state index in [2.05, 4.69) is 55.1 Å². The smallest absolute Gasteiger partial charge is 0.263 e. The molecule has 47 heavy (non-hydrogen) atoms. The van der Waals surface area contributed by atoms with E-state index in [0.717, 1.165) is 75.3 Å². The summed E-state index contributed by atoms with van der Waals surface area (Å²) >= 11 is 0. The van der Waals surface area contributed by atoms with E-state index in [4.69, 9.17) is 14.4 Å². The highest BCUT2D eigenvalue weighted by atomic mass is 28.4. The predicted octanol–water partition coefficient (Wildman–Crippen LogP) is 7.74. The van der Waals surface area contributed by atoms with E-state index in [9.17, 15) is 9.59 Å². The van der Waals surface area contributed by atoms with E-state index < -0.39 is 8.32 Å². The minimum atomic E-state index is -1.68. The predicted molar refractivity (Wildman–Crippen MR) is 191 cm³/mol. The van der Waals surface area contributed by atoms with Gasteiger partial charge in [0, 0.05) is 56.0 Å². The van der Waals surface area contributed by atoms with Crippen LogP contribution in [0, 0.1) is 18.8 Å². The number of carbonyl (C=O) groups excluding carboxylic acids is 1. The van der Waals surface area contributed by atoms with Gasteiger partial charge >= 0.3 is 0 Å². The molecule has 2 fully saturated rings. The number of pyridine rings is 2. The quantitative estimate of drug-likeness (QED) is 0.184. The van der Waals surface area contributed by atoms with Crippen molar-refractivity contribution in [2.45, 2.75) is 123 Å². The third-order valence-corrected chi connectivity index (χ3v) is 16.1. The zero-order chi connectivity index (χ0) is 33.5. The molecule has 10 heteroatoms. The number of hydrogen-bond donors (Lipinski definition) is 1. The van der Waals surface area contributed by atoms with Gasteiger partial charge in [-0.05, 0) is 99.5 Å². The van der Waals surface area contributed by atoms with E-state index >= 15 is 0 Å². The van der Waals surface area contributed by atoms with E-state index in [1.165, 1.54) is 38.2 Å². The van der Waals surface area contributed by atoms with Gasteiger partial charge < -0.3 is 9.74 Å². The van der Waals surface area contributed by atoms with Gasteiger partial charge in [0.1, 0.15) is 11.5 Å². The molecule has 1 aliphatic heterocycles. The fourth-order valence-electron chi connectivity index (χ4n) is 7.61. The lowest BCUT2D eigenvalue weighted by molar-refractivity contribution is 0.101. The third-order valence-electron chi connectivity index (χ3n) is 11.6.